The SMILES string of the molecule is CCCCC(CCC)Oc1nc(Nc2ccc(N3CCC(N4CCN(C)CC4)CC3)cc2)c(C(N)=O)nc1C. The summed E-state index contributed by atoms with van der Waals surface area (Å²) < 4.78 is 6.28. The molecule has 2 saturated heterocycles. The van der Waals surface area contributed by atoms with Gasteiger partial charge in [0.15, 0.2) is 11.5 Å². The number of carbonyl (C=O) groups excluding carboxylic acids is 1. The molecule has 0 bridgehead atoms. The highest BCUT2D eigenvalue weighted by molar-refractivity contribution is 5.96. The highest BCUT2D eigenvalue weighted by atomic mass is 16.5. The average Bonchev–Trinajstić information content (AvgIpc) is 2.94. The number of carbonyl (C=O) groups is 1. The largest absolute Gasteiger partial charge is 0.473 e. The highest BCUT2D eigenvalue weighted by Gasteiger charge is 2.27. The fourth-order valence-corrected chi connectivity index (χ4v) is 5.62. The van der Waals surface area contributed by atoms with Crippen LogP contribution in [0.25, 0.3) is 0 Å². The maximum atomic E-state index is 12.2. The molecular weight excluding hydrogens is 490 g/mol. The Balaban J connectivity index is 1.41. The number of hydrogen-bond acceptors (Lipinski definition) is 8. The summed E-state index contributed by atoms with van der Waals surface area (Å²) in [5.74, 6) is 0.169. The first kappa shape index (κ1) is 29.1. The van der Waals surface area contributed by atoms with Crippen LogP contribution in [-0.2, 0) is 0 Å². The van der Waals surface area contributed by atoms with Gasteiger partial charge in [0, 0.05) is 56.7 Å². The van der Waals surface area contributed by atoms with Crippen LogP contribution in [0.5, 0.6) is 5.88 Å². The van der Waals surface area contributed by atoms with E-state index in [-0.39, 0.29) is 11.8 Å². The van der Waals surface area contributed by atoms with Crippen molar-refractivity contribution in [3.8, 4) is 5.88 Å². The van der Waals surface area contributed by atoms with E-state index in [1.807, 2.05) is 19.1 Å². The van der Waals surface area contributed by atoms with Gasteiger partial charge in [-0.25, -0.2) is 4.98 Å². The van der Waals surface area contributed by atoms with Crippen molar-refractivity contribution in [1.29, 1.82) is 0 Å². The van der Waals surface area contributed by atoms with Gasteiger partial charge in [0.1, 0.15) is 11.8 Å². The van der Waals surface area contributed by atoms with E-state index in [9.17, 15) is 4.79 Å². The molecule has 3 N–H and O–H groups in total. The van der Waals surface area contributed by atoms with E-state index in [0.29, 0.717) is 23.4 Å². The second-order valence-electron chi connectivity index (χ2n) is 11.1. The molecule has 2 fully saturated rings. The lowest BCUT2D eigenvalue weighted by Gasteiger charge is -2.42. The predicted molar refractivity (Wildman–Crippen MR) is 158 cm³/mol. The van der Waals surface area contributed by atoms with Gasteiger partial charge in [0.2, 0.25) is 5.88 Å². The van der Waals surface area contributed by atoms with E-state index < -0.39 is 5.91 Å². The van der Waals surface area contributed by atoms with Crippen molar-refractivity contribution in [1.82, 2.24) is 19.8 Å². The molecular formula is C30H47N7O2. The number of likely N-dealkylation sites (N-methyl/N-ethyl adjacent to an activating group) is 1. The van der Waals surface area contributed by atoms with Crippen LogP contribution >= 0.6 is 0 Å². The zero-order chi connectivity index (χ0) is 27.8. The summed E-state index contributed by atoms with van der Waals surface area (Å²) in [6.45, 7) is 13.0. The normalized spacial score (nSPS) is 18.2. The van der Waals surface area contributed by atoms with E-state index in [1.165, 1.54) is 44.7 Å². The van der Waals surface area contributed by atoms with Crippen molar-refractivity contribution in [2.75, 3.05) is 56.5 Å². The number of ether oxygens (including phenoxy) is 1. The molecule has 0 radical (unpaired) electrons. The monoisotopic (exact) mass is 537 g/mol. The van der Waals surface area contributed by atoms with Crippen LogP contribution in [-0.4, -0.2) is 84.1 Å². The summed E-state index contributed by atoms with van der Waals surface area (Å²) in [5.41, 5.74) is 8.39. The Morgan fingerprint density at radius 1 is 1.03 bits per heavy atom. The van der Waals surface area contributed by atoms with Gasteiger partial charge >= 0.3 is 0 Å². The van der Waals surface area contributed by atoms with Gasteiger partial charge in [0.25, 0.3) is 5.91 Å². The predicted octanol–water partition coefficient (Wildman–Crippen LogP) is 4.58. The first-order valence-corrected chi connectivity index (χ1v) is 14.8. The van der Waals surface area contributed by atoms with Crippen molar-refractivity contribution in [2.24, 2.45) is 5.73 Å². The average molecular weight is 538 g/mol. The number of hydrogen-bond donors (Lipinski definition) is 2. The van der Waals surface area contributed by atoms with E-state index in [4.69, 9.17) is 10.5 Å². The van der Waals surface area contributed by atoms with Gasteiger partial charge in [-0.05, 0) is 63.9 Å². The molecule has 0 saturated carbocycles. The number of nitrogens with two attached hydrogens (primary N) is 1. The Kier molecular flexibility index (Phi) is 10.4. The number of primary amides is 1. The van der Waals surface area contributed by atoms with Crippen molar-refractivity contribution < 1.29 is 9.53 Å². The van der Waals surface area contributed by atoms with E-state index in [2.05, 4.69) is 63.0 Å². The van der Waals surface area contributed by atoms with Crippen LogP contribution in [0.1, 0.15) is 75.0 Å². The van der Waals surface area contributed by atoms with Gasteiger partial charge in [-0.15, -0.1) is 0 Å². The third-order valence-electron chi connectivity index (χ3n) is 8.04. The van der Waals surface area contributed by atoms with Gasteiger partial charge < -0.3 is 25.6 Å². The van der Waals surface area contributed by atoms with Gasteiger partial charge in [0.05, 0.1) is 0 Å². The topological polar surface area (TPSA) is 99.9 Å². The number of piperidine rings is 1. The second-order valence-corrected chi connectivity index (χ2v) is 11.1. The number of piperazine rings is 1. The maximum absolute atomic E-state index is 12.2. The van der Waals surface area contributed by atoms with Crippen LogP contribution in [0.4, 0.5) is 17.2 Å². The molecule has 1 aromatic heterocycles. The molecule has 1 atom stereocenters. The van der Waals surface area contributed by atoms with Crippen LogP contribution < -0.4 is 20.7 Å². The number of nitrogens with one attached hydrogen (secondary N) is 1. The molecule has 2 aliphatic heterocycles. The zero-order valence-corrected chi connectivity index (χ0v) is 24.3. The third kappa shape index (κ3) is 7.82. The van der Waals surface area contributed by atoms with Crippen molar-refractivity contribution >= 4 is 23.1 Å². The summed E-state index contributed by atoms with van der Waals surface area (Å²) in [6, 6.07) is 9.00. The molecule has 1 aromatic carbocycles. The molecule has 1 amide bonds. The van der Waals surface area contributed by atoms with Crippen molar-refractivity contribution in [2.45, 2.75) is 77.9 Å². The third-order valence-corrected chi connectivity index (χ3v) is 8.04. The van der Waals surface area contributed by atoms with Crippen LogP contribution in [0.15, 0.2) is 24.3 Å². The summed E-state index contributed by atoms with van der Waals surface area (Å²) in [7, 11) is 2.21. The Bertz CT molecular complexity index is 1060. The fraction of sp³-hybridized carbons (Fsp3) is 0.633. The van der Waals surface area contributed by atoms with Gasteiger partial charge in [-0.2, -0.15) is 4.98 Å². The van der Waals surface area contributed by atoms with Crippen molar-refractivity contribution in [3.63, 3.8) is 0 Å². The first-order chi connectivity index (χ1) is 18.9. The number of benzene rings is 1. The minimum atomic E-state index is -0.615. The summed E-state index contributed by atoms with van der Waals surface area (Å²) in [4.78, 5) is 28.9. The minimum Gasteiger partial charge on any atom is -0.473 e. The fourth-order valence-electron chi connectivity index (χ4n) is 5.62. The standard InChI is InChI=1S/C30H47N7O2/c1-5-7-9-26(8-6-2)39-30-22(3)32-27(28(31)38)29(34-30)33-23-10-12-24(13-11-23)36-16-14-25(15-17-36)37-20-18-35(4)19-21-37/h10-13,25-26H,5-9,14-21H2,1-4H3,(H2,31,38)(H,33,34). The molecule has 214 valence electrons. The molecule has 4 rings (SSSR count). The molecule has 2 aromatic rings. The lowest BCUT2D eigenvalue weighted by atomic mass is 10.0. The molecule has 0 spiro atoms. The second kappa shape index (κ2) is 13.9. The number of amides is 1. The molecule has 2 aliphatic rings. The Morgan fingerprint density at radius 2 is 1.72 bits per heavy atom. The highest BCUT2D eigenvalue weighted by Crippen LogP contribution is 2.28. The maximum Gasteiger partial charge on any atom is 0.271 e. The summed E-state index contributed by atoms with van der Waals surface area (Å²) in [5, 5.41) is 3.27. The Morgan fingerprint density at radius 3 is 2.33 bits per heavy atom. The van der Waals surface area contributed by atoms with Crippen LogP contribution in [0, 0.1) is 6.92 Å². The lowest BCUT2D eigenvalue weighted by molar-refractivity contribution is 0.0982. The molecule has 9 nitrogen and oxygen atoms in total. The summed E-state index contributed by atoms with van der Waals surface area (Å²) >= 11 is 0. The number of nitrogens with zero attached hydrogens (tertiary/aromatic N) is 5. The van der Waals surface area contributed by atoms with Crippen molar-refractivity contribution in [3.05, 3.63) is 35.7 Å². The lowest BCUT2D eigenvalue weighted by Crippen LogP contribution is -2.52. The Labute approximate surface area is 234 Å². The minimum absolute atomic E-state index is 0.0786. The van der Waals surface area contributed by atoms with Crippen LogP contribution in [0.2, 0.25) is 0 Å². The van der Waals surface area contributed by atoms with Crippen LogP contribution in [0.3, 0.4) is 0 Å². The molecule has 3 heterocycles. The quantitative estimate of drug-likeness (QED) is 0.406. The smallest absolute Gasteiger partial charge is 0.271 e. The number of rotatable bonds is 12. The first-order valence-electron chi connectivity index (χ1n) is 14.8. The van der Waals surface area contributed by atoms with Gasteiger partial charge in [-0.3, -0.25) is 9.69 Å². The number of aromatic nitrogens is 2. The van der Waals surface area contributed by atoms with E-state index in [1.54, 1.807) is 0 Å². The number of aryl methyl sites for hydroxylation is 1. The molecule has 0 aliphatic carbocycles. The number of anilines is 3. The molecule has 1 unspecified atom stereocenters. The summed E-state index contributed by atoms with van der Waals surface area (Å²) in [6.07, 6.45) is 7.65. The zero-order valence-electron chi connectivity index (χ0n) is 24.3. The molecule has 9 heteroatoms. The Hall–Kier alpha value is -2.91. The van der Waals surface area contributed by atoms with Gasteiger partial charge in [-0.1, -0.05) is 33.1 Å². The number of unbranched alkanes of at least 4 members (excludes halogenated alkanes) is 1. The molecule has 39 heavy (non-hydrogen) atoms. The van der Waals surface area contributed by atoms with E-state index in [0.717, 1.165) is 50.9 Å². The van der Waals surface area contributed by atoms with E-state index >= 15 is 0 Å².